The molecule has 0 aliphatic heterocycles. The predicted molar refractivity (Wildman–Crippen MR) is 102 cm³/mol. The number of aromatic amines is 1. The number of aryl methyl sites for hydroxylation is 1. The molecule has 0 amide bonds. The highest BCUT2D eigenvalue weighted by Gasteiger charge is 2.25. The molecule has 3 rings (SSSR count). The molecule has 0 aliphatic rings. The smallest absolute Gasteiger partial charge is 0.192 e. The first kappa shape index (κ1) is 17.6. The van der Waals surface area contributed by atoms with Crippen LogP contribution in [-0.4, -0.2) is 31.8 Å². The number of carbonyl (C=O) groups excluding carboxylic acids is 2. The number of nitrogen functional groups attached to an aromatic ring is 1. The highest BCUT2D eigenvalue weighted by Crippen LogP contribution is 2.30. The molecule has 0 fully saturated rings. The maximum atomic E-state index is 12.8. The second-order valence-electron chi connectivity index (χ2n) is 5.84. The van der Waals surface area contributed by atoms with Gasteiger partial charge in [0.05, 0.1) is 16.3 Å². The largest absolute Gasteiger partial charge is 0.383 e. The standard InChI is InChI=1S/C17H18N4O2S2/c1-7-12(9(3)22)8(2)19-13(7)14(23)10(4)25-17-20-15(18)11-5-6-24-16(11)21-17/h5-6,10,19H,1-4H3,(H2,18,20,21). The van der Waals surface area contributed by atoms with Crippen LogP contribution in [0.25, 0.3) is 10.2 Å². The van der Waals surface area contributed by atoms with Gasteiger partial charge in [0.25, 0.3) is 0 Å². The van der Waals surface area contributed by atoms with Crippen molar-refractivity contribution in [3.63, 3.8) is 0 Å². The Bertz CT molecular complexity index is 990. The van der Waals surface area contributed by atoms with E-state index in [1.165, 1.54) is 30.0 Å². The van der Waals surface area contributed by atoms with E-state index in [9.17, 15) is 9.59 Å². The lowest BCUT2D eigenvalue weighted by Crippen LogP contribution is -2.16. The van der Waals surface area contributed by atoms with Crippen molar-refractivity contribution in [3.05, 3.63) is 34.0 Å². The summed E-state index contributed by atoms with van der Waals surface area (Å²) in [7, 11) is 0. The number of thiophene rings is 1. The van der Waals surface area contributed by atoms with Crippen LogP contribution in [0.5, 0.6) is 0 Å². The summed E-state index contributed by atoms with van der Waals surface area (Å²) >= 11 is 2.75. The van der Waals surface area contributed by atoms with Crippen LogP contribution in [0, 0.1) is 13.8 Å². The molecule has 1 atom stereocenters. The Labute approximate surface area is 153 Å². The fourth-order valence-electron chi connectivity index (χ4n) is 2.85. The second-order valence-corrected chi connectivity index (χ2v) is 8.04. The van der Waals surface area contributed by atoms with Crippen LogP contribution in [-0.2, 0) is 0 Å². The summed E-state index contributed by atoms with van der Waals surface area (Å²) in [6.45, 7) is 6.89. The summed E-state index contributed by atoms with van der Waals surface area (Å²) in [5.74, 6) is 0.274. The summed E-state index contributed by atoms with van der Waals surface area (Å²) < 4.78 is 0. The van der Waals surface area contributed by atoms with E-state index in [4.69, 9.17) is 5.73 Å². The molecule has 0 aliphatic carbocycles. The SMILES string of the molecule is CC(=O)c1c(C)[nH]c(C(=O)C(C)Sc2nc(N)c3ccsc3n2)c1C. The third-order valence-electron chi connectivity index (χ3n) is 4.02. The average Bonchev–Trinajstić information content (AvgIpc) is 3.11. The van der Waals surface area contributed by atoms with Crippen molar-refractivity contribution in [3.8, 4) is 0 Å². The monoisotopic (exact) mass is 374 g/mol. The first-order valence-corrected chi connectivity index (χ1v) is 9.47. The van der Waals surface area contributed by atoms with Gasteiger partial charge >= 0.3 is 0 Å². The Hall–Kier alpha value is -2.19. The fourth-order valence-corrected chi connectivity index (χ4v) is 4.52. The van der Waals surface area contributed by atoms with Crippen molar-refractivity contribution in [2.24, 2.45) is 0 Å². The number of Topliss-reactive ketones (excluding diaryl/α,β-unsaturated/α-hetero) is 2. The molecule has 0 saturated carbocycles. The van der Waals surface area contributed by atoms with Crippen LogP contribution in [0.3, 0.4) is 0 Å². The summed E-state index contributed by atoms with van der Waals surface area (Å²) in [5.41, 5.74) is 8.41. The summed E-state index contributed by atoms with van der Waals surface area (Å²) in [5, 5.41) is 2.80. The number of fused-ring (bicyclic) bond motifs is 1. The minimum Gasteiger partial charge on any atom is -0.383 e. The van der Waals surface area contributed by atoms with Crippen LogP contribution in [0.4, 0.5) is 5.82 Å². The van der Waals surface area contributed by atoms with Crippen molar-refractivity contribution in [1.29, 1.82) is 0 Å². The highest BCUT2D eigenvalue weighted by atomic mass is 32.2. The Kier molecular flexibility index (Phi) is 4.66. The Balaban J connectivity index is 1.87. The molecule has 1 unspecified atom stereocenters. The zero-order chi connectivity index (χ0) is 18.3. The van der Waals surface area contributed by atoms with Gasteiger partial charge < -0.3 is 10.7 Å². The number of aromatic nitrogens is 3. The molecule has 3 heterocycles. The van der Waals surface area contributed by atoms with Crippen molar-refractivity contribution < 1.29 is 9.59 Å². The van der Waals surface area contributed by atoms with Crippen LogP contribution in [0.2, 0.25) is 0 Å². The Morgan fingerprint density at radius 1 is 1.32 bits per heavy atom. The van der Waals surface area contributed by atoms with Gasteiger partial charge in [0, 0.05) is 11.3 Å². The number of H-pyrrole nitrogens is 1. The number of rotatable bonds is 5. The van der Waals surface area contributed by atoms with Gasteiger partial charge in [-0.15, -0.1) is 11.3 Å². The van der Waals surface area contributed by atoms with E-state index in [-0.39, 0.29) is 11.6 Å². The van der Waals surface area contributed by atoms with Gasteiger partial charge in [-0.25, -0.2) is 9.97 Å². The lowest BCUT2D eigenvalue weighted by atomic mass is 10.0. The molecule has 0 radical (unpaired) electrons. The number of carbonyl (C=O) groups is 2. The molecule has 0 bridgehead atoms. The fraction of sp³-hybridized carbons (Fsp3) is 0.294. The van der Waals surface area contributed by atoms with Gasteiger partial charge in [-0.1, -0.05) is 11.8 Å². The van der Waals surface area contributed by atoms with Gasteiger partial charge in [-0.3, -0.25) is 9.59 Å². The topological polar surface area (TPSA) is 102 Å². The summed E-state index contributed by atoms with van der Waals surface area (Å²) in [4.78, 5) is 37.2. The molecule has 3 aromatic rings. The molecule has 0 aromatic carbocycles. The molecule has 3 N–H and O–H groups in total. The van der Waals surface area contributed by atoms with E-state index in [1.807, 2.05) is 11.4 Å². The number of ketones is 2. The second kappa shape index (κ2) is 6.61. The van der Waals surface area contributed by atoms with Crippen LogP contribution >= 0.6 is 23.1 Å². The molecule has 3 aromatic heterocycles. The molecule has 6 nitrogen and oxygen atoms in total. The molecular weight excluding hydrogens is 356 g/mol. The highest BCUT2D eigenvalue weighted by molar-refractivity contribution is 8.00. The Morgan fingerprint density at radius 2 is 2.04 bits per heavy atom. The molecular formula is C17H18N4O2S2. The minimum atomic E-state index is -0.409. The lowest BCUT2D eigenvalue weighted by molar-refractivity contribution is 0.0988. The minimum absolute atomic E-state index is 0.0511. The lowest BCUT2D eigenvalue weighted by Gasteiger charge is -2.09. The first-order valence-electron chi connectivity index (χ1n) is 7.71. The van der Waals surface area contributed by atoms with Gasteiger partial charge in [-0.2, -0.15) is 0 Å². The van der Waals surface area contributed by atoms with Crippen LogP contribution in [0.15, 0.2) is 16.6 Å². The number of nitrogens with one attached hydrogen (secondary N) is 1. The van der Waals surface area contributed by atoms with Crippen molar-refractivity contribution >= 4 is 50.7 Å². The summed E-state index contributed by atoms with van der Waals surface area (Å²) in [6, 6.07) is 1.88. The van der Waals surface area contributed by atoms with Gasteiger partial charge in [0.15, 0.2) is 16.7 Å². The number of hydrogen-bond acceptors (Lipinski definition) is 7. The van der Waals surface area contributed by atoms with Crippen molar-refractivity contribution in [2.45, 2.75) is 38.1 Å². The van der Waals surface area contributed by atoms with E-state index in [2.05, 4.69) is 15.0 Å². The number of thioether (sulfide) groups is 1. The molecule has 130 valence electrons. The van der Waals surface area contributed by atoms with Crippen LogP contribution in [0.1, 0.15) is 46.0 Å². The van der Waals surface area contributed by atoms with E-state index >= 15 is 0 Å². The Morgan fingerprint density at radius 3 is 2.68 bits per heavy atom. The van der Waals surface area contributed by atoms with E-state index in [0.717, 1.165) is 10.2 Å². The number of nitrogens with zero attached hydrogens (tertiary/aromatic N) is 2. The van der Waals surface area contributed by atoms with Crippen molar-refractivity contribution in [2.75, 3.05) is 5.73 Å². The number of nitrogens with two attached hydrogens (primary N) is 1. The quantitative estimate of drug-likeness (QED) is 0.400. The van der Waals surface area contributed by atoms with E-state index in [0.29, 0.717) is 33.5 Å². The maximum Gasteiger partial charge on any atom is 0.192 e. The van der Waals surface area contributed by atoms with Gasteiger partial charge in [0.2, 0.25) is 0 Å². The first-order chi connectivity index (χ1) is 11.8. The van der Waals surface area contributed by atoms with Gasteiger partial charge in [-0.05, 0) is 44.7 Å². The van der Waals surface area contributed by atoms with E-state index in [1.54, 1.807) is 20.8 Å². The average molecular weight is 374 g/mol. The number of hydrogen-bond donors (Lipinski definition) is 2. The molecule has 8 heteroatoms. The zero-order valence-corrected chi connectivity index (χ0v) is 16.0. The third kappa shape index (κ3) is 3.19. The zero-order valence-electron chi connectivity index (χ0n) is 14.3. The third-order valence-corrected chi connectivity index (χ3v) is 5.79. The van der Waals surface area contributed by atoms with E-state index < -0.39 is 5.25 Å². The molecule has 0 spiro atoms. The van der Waals surface area contributed by atoms with Crippen LogP contribution < -0.4 is 5.73 Å². The normalized spacial score (nSPS) is 12.5. The van der Waals surface area contributed by atoms with Gasteiger partial charge in [0.1, 0.15) is 10.6 Å². The van der Waals surface area contributed by atoms with Crippen molar-refractivity contribution in [1.82, 2.24) is 15.0 Å². The molecule has 25 heavy (non-hydrogen) atoms. The predicted octanol–water partition coefficient (Wildman–Crippen LogP) is 3.78. The number of anilines is 1. The summed E-state index contributed by atoms with van der Waals surface area (Å²) in [6.07, 6.45) is 0. The maximum absolute atomic E-state index is 12.8. The molecule has 0 saturated heterocycles.